The first-order valence-corrected chi connectivity index (χ1v) is 11.5. The summed E-state index contributed by atoms with van der Waals surface area (Å²) in [7, 11) is 0. The molecule has 3 aliphatic heterocycles. The molecule has 0 aromatic heterocycles. The van der Waals surface area contributed by atoms with Crippen LogP contribution in [0.4, 0.5) is 0 Å². The summed E-state index contributed by atoms with van der Waals surface area (Å²) in [5.74, 6) is -1.63. The predicted octanol–water partition coefficient (Wildman–Crippen LogP) is -2.91. The van der Waals surface area contributed by atoms with Crippen LogP contribution < -0.4 is 40.0 Å². The van der Waals surface area contributed by atoms with Crippen LogP contribution >= 0.6 is 27.7 Å². The number of rotatable bonds is 6. The molecule has 0 spiro atoms. The number of likely N-dealkylation sites (tertiary alicyclic amines) is 1. The fourth-order valence-corrected chi connectivity index (χ4v) is 5.29. The molecular formula is C19H21BrN3NaO5S. The van der Waals surface area contributed by atoms with E-state index in [4.69, 9.17) is 0 Å². The molecule has 0 aromatic carbocycles. The molecule has 156 valence electrons. The number of thioether (sulfide) groups is 1. The summed E-state index contributed by atoms with van der Waals surface area (Å²) in [6.45, 7) is 2.99. The quantitative estimate of drug-likeness (QED) is 0.179. The molecule has 0 radical (unpaired) electrons. The number of carboxylic acids is 1. The number of hydrogen-bond donors (Lipinski definition) is 1. The van der Waals surface area contributed by atoms with Crippen molar-refractivity contribution in [3.63, 3.8) is 0 Å². The number of nitrogens with one attached hydrogen (secondary N) is 1. The number of amides is 3. The second-order valence-electron chi connectivity index (χ2n) is 7.77. The Morgan fingerprint density at radius 3 is 2.63 bits per heavy atom. The number of carbonyl (C=O) groups is 4. The van der Waals surface area contributed by atoms with Crippen LogP contribution in [0.5, 0.6) is 0 Å². The number of carboxylic acid groups (broad SMARTS) is 1. The van der Waals surface area contributed by atoms with Gasteiger partial charge in [-0.05, 0) is 38.2 Å². The molecule has 30 heavy (non-hydrogen) atoms. The summed E-state index contributed by atoms with van der Waals surface area (Å²) < 4.78 is 0. The molecular weight excluding hydrogens is 485 g/mol. The van der Waals surface area contributed by atoms with Crippen molar-refractivity contribution in [3.8, 4) is 0 Å². The largest absolute Gasteiger partial charge is 1.00 e. The van der Waals surface area contributed by atoms with E-state index in [1.54, 1.807) is 17.9 Å². The van der Waals surface area contributed by atoms with E-state index in [1.807, 2.05) is 0 Å². The van der Waals surface area contributed by atoms with Crippen LogP contribution in [0.15, 0.2) is 22.9 Å². The third kappa shape index (κ3) is 4.67. The SMILES string of the molecule is C[C@H](Br)C(=O)NC1SC2CC(=O)N2C(C(=O)[O-])=C1C=C1CCN(CC2CC2)C1=O.[Na+]. The first kappa shape index (κ1) is 23.8. The van der Waals surface area contributed by atoms with Crippen molar-refractivity contribution >= 4 is 51.4 Å². The van der Waals surface area contributed by atoms with Gasteiger partial charge in [-0.1, -0.05) is 15.9 Å². The standard InChI is InChI=1S/C19H22BrN3O5S.Na/c1-9(20)16(25)21-17-12(15(19(27)28)23-13(24)7-14(23)29-17)6-11-4-5-22(18(11)26)8-10-2-3-10;/h6,9-10,14,17H,2-5,7-8H2,1H3,(H,21,25)(H,27,28);/q;+1/p-1/t9-,14?,17?;/m0./s1. The number of halogens is 1. The van der Waals surface area contributed by atoms with E-state index in [9.17, 15) is 24.3 Å². The fraction of sp³-hybridized carbons (Fsp3) is 0.579. The minimum absolute atomic E-state index is 0. The van der Waals surface area contributed by atoms with Crippen LogP contribution in [0, 0.1) is 5.92 Å². The van der Waals surface area contributed by atoms with Gasteiger partial charge in [-0.25, -0.2) is 0 Å². The van der Waals surface area contributed by atoms with E-state index >= 15 is 0 Å². The zero-order chi connectivity index (χ0) is 20.9. The Hall–Kier alpha value is -0.810. The van der Waals surface area contributed by atoms with E-state index in [0.29, 0.717) is 24.5 Å². The molecule has 2 saturated heterocycles. The van der Waals surface area contributed by atoms with E-state index in [2.05, 4.69) is 21.2 Å². The minimum Gasteiger partial charge on any atom is -0.543 e. The average Bonchev–Trinajstić information content (AvgIpc) is 3.41. The third-order valence-electron chi connectivity index (χ3n) is 5.54. The van der Waals surface area contributed by atoms with E-state index in [0.717, 1.165) is 19.4 Å². The topological polar surface area (TPSA) is 110 Å². The summed E-state index contributed by atoms with van der Waals surface area (Å²) >= 11 is 4.51. The normalized spacial score (nSPS) is 28.1. The zero-order valence-electron chi connectivity index (χ0n) is 16.9. The third-order valence-corrected chi connectivity index (χ3v) is 7.29. The molecule has 3 amide bonds. The summed E-state index contributed by atoms with van der Waals surface area (Å²) in [5, 5.41) is 13.7. The van der Waals surface area contributed by atoms with Gasteiger partial charge >= 0.3 is 29.6 Å². The Labute approximate surface area is 209 Å². The van der Waals surface area contributed by atoms with Gasteiger partial charge in [0.25, 0.3) is 0 Å². The number of fused-ring (bicyclic) bond motifs is 1. The molecule has 1 saturated carbocycles. The Balaban J connectivity index is 0.00000256. The van der Waals surface area contributed by atoms with Gasteiger partial charge < -0.3 is 20.1 Å². The first-order valence-electron chi connectivity index (χ1n) is 9.63. The summed E-state index contributed by atoms with van der Waals surface area (Å²) in [6.07, 6.45) is 4.52. The molecule has 2 unspecified atom stereocenters. The monoisotopic (exact) mass is 505 g/mol. The van der Waals surface area contributed by atoms with Crippen molar-refractivity contribution in [2.24, 2.45) is 5.92 Å². The van der Waals surface area contributed by atoms with Crippen LogP contribution in [-0.2, 0) is 19.2 Å². The Morgan fingerprint density at radius 1 is 1.37 bits per heavy atom. The van der Waals surface area contributed by atoms with Crippen LogP contribution in [0.1, 0.15) is 32.6 Å². The van der Waals surface area contributed by atoms with Crippen LogP contribution in [0.25, 0.3) is 0 Å². The van der Waals surface area contributed by atoms with Crippen molar-refractivity contribution in [1.29, 1.82) is 0 Å². The molecule has 0 bridgehead atoms. The molecule has 3 fully saturated rings. The molecule has 11 heteroatoms. The number of nitrogens with zero attached hydrogens (tertiary/aromatic N) is 2. The molecule has 8 nitrogen and oxygen atoms in total. The van der Waals surface area contributed by atoms with Gasteiger partial charge in [0.15, 0.2) is 0 Å². The Bertz CT molecular complexity index is 857. The van der Waals surface area contributed by atoms with Crippen LogP contribution in [-0.4, -0.2) is 62.2 Å². The number of aliphatic carboxylic acids is 1. The van der Waals surface area contributed by atoms with Crippen molar-refractivity contribution in [3.05, 3.63) is 22.9 Å². The number of β-lactam (4-membered cyclic amide) rings is 1. The van der Waals surface area contributed by atoms with Gasteiger partial charge in [0.05, 0.1) is 28.3 Å². The molecule has 3 heterocycles. The van der Waals surface area contributed by atoms with Gasteiger partial charge in [0, 0.05) is 24.2 Å². The predicted molar refractivity (Wildman–Crippen MR) is 107 cm³/mol. The molecule has 0 aromatic rings. The number of alkyl halides is 1. The minimum atomic E-state index is -1.48. The maximum atomic E-state index is 12.8. The Kier molecular flexibility index (Phi) is 7.44. The maximum Gasteiger partial charge on any atom is 1.00 e. The van der Waals surface area contributed by atoms with Gasteiger partial charge in [0.2, 0.25) is 17.7 Å². The summed E-state index contributed by atoms with van der Waals surface area (Å²) in [5.41, 5.74) is 0.480. The first-order chi connectivity index (χ1) is 13.8. The summed E-state index contributed by atoms with van der Waals surface area (Å²) in [4.78, 5) is 51.5. The molecule has 1 N–H and O–H groups in total. The van der Waals surface area contributed by atoms with E-state index < -0.39 is 16.2 Å². The number of carbonyl (C=O) groups excluding carboxylic acids is 4. The van der Waals surface area contributed by atoms with Crippen molar-refractivity contribution in [2.75, 3.05) is 13.1 Å². The van der Waals surface area contributed by atoms with Gasteiger partial charge in [-0.15, -0.1) is 11.8 Å². The van der Waals surface area contributed by atoms with Crippen molar-refractivity contribution in [2.45, 2.75) is 48.2 Å². The van der Waals surface area contributed by atoms with Gasteiger partial charge in [-0.3, -0.25) is 19.3 Å². The van der Waals surface area contributed by atoms with E-state index in [-0.39, 0.29) is 70.3 Å². The summed E-state index contributed by atoms with van der Waals surface area (Å²) in [6, 6.07) is 0. The Morgan fingerprint density at radius 2 is 2.07 bits per heavy atom. The van der Waals surface area contributed by atoms with Gasteiger partial charge in [-0.2, -0.15) is 0 Å². The van der Waals surface area contributed by atoms with Crippen molar-refractivity contribution in [1.82, 2.24) is 15.1 Å². The van der Waals surface area contributed by atoms with Gasteiger partial charge in [0.1, 0.15) is 5.37 Å². The van der Waals surface area contributed by atoms with Crippen LogP contribution in [0.2, 0.25) is 0 Å². The van der Waals surface area contributed by atoms with E-state index in [1.165, 1.54) is 16.7 Å². The molecule has 4 aliphatic rings. The smallest absolute Gasteiger partial charge is 0.543 e. The number of hydrogen-bond acceptors (Lipinski definition) is 6. The average molecular weight is 506 g/mol. The van der Waals surface area contributed by atoms with Crippen LogP contribution in [0.3, 0.4) is 0 Å². The molecule has 3 atom stereocenters. The zero-order valence-corrected chi connectivity index (χ0v) is 21.3. The van der Waals surface area contributed by atoms with Crippen molar-refractivity contribution < 1.29 is 53.8 Å². The molecule has 4 rings (SSSR count). The maximum absolute atomic E-state index is 12.8. The molecule has 1 aliphatic carbocycles. The second kappa shape index (κ2) is 9.36. The fourth-order valence-electron chi connectivity index (χ4n) is 3.75. The second-order valence-corrected chi connectivity index (χ2v) is 10.4.